The number of fused-ring (bicyclic) bond motifs is 3. The lowest BCUT2D eigenvalue weighted by Gasteiger charge is -2.31. The number of nitrogens with one attached hydrogen (secondary N) is 1. The average molecular weight is 327 g/mol. The van der Waals surface area contributed by atoms with Crippen molar-refractivity contribution in [2.75, 3.05) is 20.8 Å². The van der Waals surface area contributed by atoms with Gasteiger partial charge in [0, 0.05) is 17.5 Å². The van der Waals surface area contributed by atoms with Crippen molar-refractivity contribution in [3.05, 3.63) is 58.9 Å². The Kier molecular flexibility index (Phi) is 3.93. The monoisotopic (exact) mass is 327 g/mol. The zero-order valence-electron chi connectivity index (χ0n) is 14.0. The molecule has 24 heavy (non-hydrogen) atoms. The number of methoxy groups -OCH3 is 2. The van der Waals surface area contributed by atoms with Crippen LogP contribution in [0.3, 0.4) is 0 Å². The van der Waals surface area contributed by atoms with E-state index in [0.717, 1.165) is 36.4 Å². The zero-order chi connectivity index (χ0) is 16.7. The molecule has 2 aromatic rings. The molecule has 3 unspecified atom stereocenters. The predicted octanol–water partition coefficient (Wildman–Crippen LogP) is 4.03. The van der Waals surface area contributed by atoms with Crippen LogP contribution in [0.5, 0.6) is 11.5 Å². The summed E-state index contributed by atoms with van der Waals surface area (Å²) in [6.07, 6.45) is 2.31. The minimum Gasteiger partial charge on any atom is -0.493 e. The highest BCUT2D eigenvalue weighted by atomic mass is 19.1. The SMILES string of the molecule is COc1ccc2c(c1OC)C(c1ccc(F)cc1)C1CCCNC21. The molecule has 0 radical (unpaired) electrons. The Labute approximate surface area is 141 Å². The highest BCUT2D eigenvalue weighted by Crippen LogP contribution is 2.56. The molecule has 1 aliphatic carbocycles. The Balaban J connectivity index is 1.91. The van der Waals surface area contributed by atoms with Gasteiger partial charge in [0.2, 0.25) is 0 Å². The van der Waals surface area contributed by atoms with Gasteiger partial charge in [0.05, 0.1) is 14.2 Å². The standard InChI is InChI=1S/C20H22FNO2/c1-23-16-10-9-15-18(20(16)24-2)17(12-5-7-13(21)8-6-12)14-4-3-11-22-19(14)15/h5-10,14,17,19,22H,3-4,11H2,1-2H3. The number of ether oxygens (including phenoxy) is 2. The molecular formula is C20H22FNO2. The average Bonchev–Trinajstić information content (AvgIpc) is 2.96. The van der Waals surface area contributed by atoms with Crippen LogP contribution in [-0.2, 0) is 0 Å². The minimum absolute atomic E-state index is 0.198. The summed E-state index contributed by atoms with van der Waals surface area (Å²) in [4.78, 5) is 0. The molecule has 0 bridgehead atoms. The van der Waals surface area contributed by atoms with Crippen molar-refractivity contribution in [2.45, 2.75) is 24.8 Å². The molecule has 0 amide bonds. The summed E-state index contributed by atoms with van der Waals surface area (Å²) in [5.74, 6) is 2.01. The molecule has 126 valence electrons. The molecular weight excluding hydrogens is 305 g/mol. The number of benzene rings is 2. The Morgan fingerprint density at radius 2 is 1.83 bits per heavy atom. The zero-order valence-corrected chi connectivity index (χ0v) is 14.0. The fourth-order valence-corrected chi connectivity index (χ4v) is 4.47. The molecule has 2 aliphatic rings. The highest BCUT2D eigenvalue weighted by Gasteiger charge is 2.44. The molecule has 1 heterocycles. The smallest absolute Gasteiger partial charge is 0.164 e. The van der Waals surface area contributed by atoms with Gasteiger partial charge in [0.15, 0.2) is 11.5 Å². The molecule has 1 aliphatic heterocycles. The van der Waals surface area contributed by atoms with Gasteiger partial charge in [-0.1, -0.05) is 18.2 Å². The Hall–Kier alpha value is -2.07. The molecule has 1 fully saturated rings. The third kappa shape index (κ3) is 2.28. The fourth-order valence-electron chi connectivity index (χ4n) is 4.47. The number of piperidine rings is 1. The third-order valence-electron chi connectivity index (χ3n) is 5.43. The van der Waals surface area contributed by atoms with E-state index in [4.69, 9.17) is 9.47 Å². The second-order valence-corrected chi connectivity index (χ2v) is 6.57. The molecule has 3 atom stereocenters. The maximum atomic E-state index is 13.4. The normalized spacial score (nSPS) is 25.0. The summed E-state index contributed by atoms with van der Waals surface area (Å²) in [5, 5.41) is 3.67. The summed E-state index contributed by atoms with van der Waals surface area (Å²) in [5.41, 5.74) is 3.61. The molecule has 0 saturated carbocycles. The van der Waals surface area contributed by atoms with Crippen molar-refractivity contribution >= 4 is 0 Å². The third-order valence-corrected chi connectivity index (χ3v) is 5.43. The van der Waals surface area contributed by atoms with E-state index in [1.165, 1.54) is 11.1 Å². The fraction of sp³-hybridized carbons (Fsp3) is 0.400. The van der Waals surface area contributed by atoms with Gasteiger partial charge in [0.25, 0.3) is 0 Å². The number of rotatable bonds is 3. The van der Waals surface area contributed by atoms with Crippen molar-refractivity contribution in [1.29, 1.82) is 0 Å². The predicted molar refractivity (Wildman–Crippen MR) is 91.3 cm³/mol. The molecule has 3 nitrogen and oxygen atoms in total. The van der Waals surface area contributed by atoms with Gasteiger partial charge >= 0.3 is 0 Å². The summed E-state index contributed by atoms with van der Waals surface area (Å²) < 4.78 is 24.7. The van der Waals surface area contributed by atoms with Crippen LogP contribution < -0.4 is 14.8 Å². The van der Waals surface area contributed by atoms with Gasteiger partial charge in [-0.2, -0.15) is 0 Å². The van der Waals surface area contributed by atoms with E-state index in [1.54, 1.807) is 26.4 Å². The number of hydrogen-bond donors (Lipinski definition) is 1. The van der Waals surface area contributed by atoms with E-state index >= 15 is 0 Å². The molecule has 1 saturated heterocycles. The van der Waals surface area contributed by atoms with Gasteiger partial charge < -0.3 is 14.8 Å². The first-order chi connectivity index (χ1) is 11.7. The van der Waals surface area contributed by atoms with Gasteiger partial charge in [-0.05, 0) is 54.6 Å². The molecule has 0 aromatic heterocycles. The lowest BCUT2D eigenvalue weighted by atomic mass is 9.80. The second kappa shape index (κ2) is 6.10. The maximum Gasteiger partial charge on any atom is 0.164 e. The van der Waals surface area contributed by atoms with Crippen LogP contribution in [-0.4, -0.2) is 20.8 Å². The van der Waals surface area contributed by atoms with Crippen molar-refractivity contribution < 1.29 is 13.9 Å². The van der Waals surface area contributed by atoms with E-state index in [9.17, 15) is 4.39 Å². The quantitative estimate of drug-likeness (QED) is 0.923. The van der Waals surface area contributed by atoms with Gasteiger partial charge in [-0.25, -0.2) is 4.39 Å². The van der Waals surface area contributed by atoms with Crippen LogP contribution in [0.1, 0.15) is 41.5 Å². The lowest BCUT2D eigenvalue weighted by Crippen LogP contribution is -2.32. The minimum atomic E-state index is -0.201. The van der Waals surface area contributed by atoms with Gasteiger partial charge in [-0.3, -0.25) is 0 Å². The van der Waals surface area contributed by atoms with Crippen LogP contribution >= 0.6 is 0 Å². The maximum absolute atomic E-state index is 13.4. The molecule has 4 rings (SSSR count). The van der Waals surface area contributed by atoms with Crippen molar-refractivity contribution in [3.8, 4) is 11.5 Å². The first-order valence-electron chi connectivity index (χ1n) is 8.48. The largest absolute Gasteiger partial charge is 0.493 e. The topological polar surface area (TPSA) is 30.5 Å². The Bertz CT molecular complexity index is 744. The Morgan fingerprint density at radius 3 is 2.54 bits per heavy atom. The number of hydrogen-bond acceptors (Lipinski definition) is 3. The van der Waals surface area contributed by atoms with E-state index in [2.05, 4.69) is 11.4 Å². The van der Waals surface area contributed by atoms with Crippen molar-refractivity contribution in [2.24, 2.45) is 5.92 Å². The van der Waals surface area contributed by atoms with Crippen molar-refractivity contribution in [1.82, 2.24) is 5.32 Å². The molecule has 0 spiro atoms. The summed E-state index contributed by atoms with van der Waals surface area (Å²) in [7, 11) is 3.35. The highest BCUT2D eigenvalue weighted by molar-refractivity contribution is 5.59. The van der Waals surface area contributed by atoms with Crippen molar-refractivity contribution in [3.63, 3.8) is 0 Å². The Morgan fingerprint density at radius 1 is 1.04 bits per heavy atom. The van der Waals surface area contributed by atoms with Crippen LogP contribution in [0.15, 0.2) is 36.4 Å². The first kappa shape index (κ1) is 15.5. The molecule has 1 N–H and O–H groups in total. The van der Waals surface area contributed by atoms with E-state index in [1.807, 2.05) is 18.2 Å². The van der Waals surface area contributed by atoms with Crippen LogP contribution in [0.4, 0.5) is 4.39 Å². The van der Waals surface area contributed by atoms with Crippen LogP contribution in [0, 0.1) is 11.7 Å². The second-order valence-electron chi connectivity index (χ2n) is 6.57. The first-order valence-corrected chi connectivity index (χ1v) is 8.48. The van der Waals surface area contributed by atoms with Gasteiger partial charge in [-0.15, -0.1) is 0 Å². The molecule has 4 heteroatoms. The molecule has 2 aromatic carbocycles. The number of halogens is 1. The van der Waals surface area contributed by atoms with E-state index < -0.39 is 0 Å². The van der Waals surface area contributed by atoms with Crippen LogP contribution in [0.2, 0.25) is 0 Å². The van der Waals surface area contributed by atoms with E-state index in [0.29, 0.717) is 12.0 Å². The summed E-state index contributed by atoms with van der Waals surface area (Å²) in [6, 6.07) is 11.4. The van der Waals surface area contributed by atoms with E-state index in [-0.39, 0.29) is 11.7 Å². The summed E-state index contributed by atoms with van der Waals surface area (Å²) in [6.45, 7) is 1.03. The van der Waals surface area contributed by atoms with Gasteiger partial charge in [0.1, 0.15) is 5.82 Å². The summed E-state index contributed by atoms with van der Waals surface area (Å²) >= 11 is 0. The van der Waals surface area contributed by atoms with Crippen LogP contribution in [0.25, 0.3) is 0 Å². The lowest BCUT2D eigenvalue weighted by molar-refractivity contribution is 0.285.